The molecule has 8 heteroatoms. The summed E-state index contributed by atoms with van der Waals surface area (Å²) in [6.07, 6.45) is 7.15. The summed E-state index contributed by atoms with van der Waals surface area (Å²) in [5.74, 6) is -0.404. The molecule has 33 heavy (non-hydrogen) atoms. The number of hydrogen-bond acceptors (Lipinski definition) is 3. The van der Waals surface area contributed by atoms with Crippen LogP contribution in [0.1, 0.15) is 48.0 Å². The number of carbonyl (C=O) groups is 2. The number of pyridine rings is 1. The highest BCUT2D eigenvalue weighted by molar-refractivity contribution is 5.94. The van der Waals surface area contributed by atoms with Crippen molar-refractivity contribution >= 4 is 11.8 Å². The number of nitrogens with one attached hydrogen (secondary N) is 2. The van der Waals surface area contributed by atoms with Gasteiger partial charge in [-0.05, 0) is 53.9 Å². The van der Waals surface area contributed by atoms with E-state index in [2.05, 4.69) is 16.0 Å². The molecule has 0 spiro atoms. The Balaban J connectivity index is 1.32. The van der Waals surface area contributed by atoms with Crippen molar-refractivity contribution in [1.29, 1.82) is 0 Å². The Morgan fingerprint density at radius 1 is 1.21 bits per heavy atom. The number of benzene rings is 1. The molecule has 174 valence electrons. The van der Waals surface area contributed by atoms with Crippen molar-refractivity contribution in [1.82, 2.24) is 10.2 Å². The molecule has 7 nitrogen and oxygen atoms in total. The third-order valence-corrected chi connectivity index (χ3v) is 7.84. The van der Waals surface area contributed by atoms with Crippen LogP contribution in [-0.2, 0) is 10.2 Å². The van der Waals surface area contributed by atoms with E-state index < -0.39 is 0 Å². The number of hydrogen-bond donors (Lipinski definition) is 3. The first-order valence-corrected chi connectivity index (χ1v) is 11.7. The van der Waals surface area contributed by atoms with Crippen LogP contribution in [0.2, 0.25) is 0 Å². The van der Waals surface area contributed by atoms with Gasteiger partial charge in [0.05, 0.1) is 6.54 Å². The van der Waals surface area contributed by atoms with Crippen LogP contribution in [-0.4, -0.2) is 47.9 Å². The molecule has 4 fully saturated rings. The van der Waals surface area contributed by atoms with E-state index in [9.17, 15) is 14.0 Å². The van der Waals surface area contributed by atoms with Crippen molar-refractivity contribution in [3.8, 4) is 0 Å². The van der Waals surface area contributed by atoms with Crippen molar-refractivity contribution in [3.05, 3.63) is 65.7 Å². The van der Waals surface area contributed by atoms with Crippen LogP contribution in [0.4, 0.5) is 4.39 Å². The largest absolute Gasteiger partial charge is 0.354 e. The molecule has 1 aliphatic heterocycles. The van der Waals surface area contributed by atoms with Gasteiger partial charge in [-0.3, -0.25) is 9.59 Å². The molecule has 1 saturated heterocycles. The molecule has 0 radical (unpaired) electrons. The Labute approximate surface area is 192 Å². The number of aromatic nitrogens is 1. The van der Waals surface area contributed by atoms with Crippen molar-refractivity contribution in [2.45, 2.75) is 55.6 Å². The number of quaternary nitrogens is 1. The third-order valence-electron chi connectivity index (χ3n) is 7.84. The van der Waals surface area contributed by atoms with Crippen molar-refractivity contribution in [2.75, 3.05) is 13.1 Å². The lowest BCUT2D eigenvalue weighted by Gasteiger charge is -2.73. The average Bonchev–Trinajstić information content (AvgIpc) is 2.73. The molecule has 3 atom stereocenters. The van der Waals surface area contributed by atoms with Crippen LogP contribution in [0.25, 0.3) is 0 Å². The number of aromatic amines is 1. The highest BCUT2D eigenvalue weighted by Gasteiger charge is 2.71. The highest BCUT2D eigenvalue weighted by Crippen LogP contribution is 2.75. The van der Waals surface area contributed by atoms with Gasteiger partial charge in [0.15, 0.2) is 12.4 Å². The highest BCUT2D eigenvalue weighted by atomic mass is 19.1. The Hall–Kier alpha value is -2.84. The second-order valence-electron chi connectivity index (χ2n) is 10.4. The number of nitrogens with two attached hydrogens (primary N) is 1. The molecule has 4 aliphatic rings. The summed E-state index contributed by atoms with van der Waals surface area (Å²) in [7, 11) is 0. The first kappa shape index (κ1) is 22.0. The van der Waals surface area contributed by atoms with Gasteiger partial charge in [0.1, 0.15) is 17.4 Å². The maximum atomic E-state index is 13.4. The molecular weight excluding hydrogens is 421 g/mol. The fraction of sp³-hybridized carbons (Fsp3) is 0.480. The first-order chi connectivity index (χ1) is 15.8. The summed E-state index contributed by atoms with van der Waals surface area (Å²) in [5.41, 5.74) is 11.8. The lowest BCUT2D eigenvalue weighted by molar-refractivity contribution is -0.426. The number of nitrogens with zero attached hydrogens (tertiary/aromatic N) is 1. The van der Waals surface area contributed by atoms with Crippen LogP contribution < -0.4 is 21.8 Å². The van der Waals surface area contributed by atoms with Crippen molar-refractivity contribution in [3.63, 3.8) is 0 Å². The summed E-state index contributed by atoms with van der Waals surface area (Å²) in [5, 5.41) is 3.17. The Morgan fingerprint density at radius 3 is 2.58 bits per heavy atom. The Kier molecular flexibility index (Phi) is 5.45. The van der Waals surface area contributed by atoms with E-state index in [1.165, 1.54) is 12.1 Å². The molecule has 1 aromatic carbocycles. The standard InChI is InChI=1S/C25H30FN5O2/c26-18-5-3-17(4-6-18)24-13-25(14-24,15-24)21(30-23(33)16-2-1-7-29-10-16)9-22(32)31-11-19(27)8-20(28)12-31/h1-7,10,19-21H,8-9,11-15,27-28H2,(H,30,33)/p+2. The molecule has 3 saturated carbocycles. The van der Waals surface area contributed by atoms with E-state index in [1.807, 2.05) is 17.0 Å². The molecule has 2 amide bonds. The van der Waals surface area contributed by atoms with Crippen LogP contribution in [0.5, 0.6) is 0 Å². The summed E-state index contributed by atoms with van der Waals surface area (Å²) in [6.45, 7) is 1.14. The predicted molar refractivity (Wildman–Crippen MR) is 119 cm³/mol. The predicted octanol–water partition coefficient (Wildman–Crippen LogP) is 0.420. The molecular formula is C25H32FN5O2+2. The van der Waals surface area contributed by atoms with Crippen molar-refractivity contribution in [2.24, 2.45) is 11.1 Å². The number of rotatable bonds is 6. The van der Waals surface area contributed by atoms with Gasteiger partial charge in [0.25, 0.3) is 5.91 Å². The second-order valence-corrected chi connectivity index (χ2v) is 10.4. The summed E-state index contributed by atoms with van der Waals surface area (Å²) < 4.78 is 13.4. The van der Waals surface area contributed by atoms with E-state index in [1.54, 1.807) is 24.5 Å². The van der Waals surface area contributed by atoms with Crippen LogP contribution >= 0.6 is 0 Å². The molecule has 2 heterocycles. The molecule has 2 bridgehead atoms. The fourth-order valence-electron chi connectivity index (χ4n) is 6.30. The van der Waals surface area contributed by atoms with Gasteiger partial charge in [-0.2, -0.15) is 0 Å². The quantitative estimate of drug-likeness (QED) is 0.588. The molecule has 2 aromatic rings. The average molecular weight is 454 g/mol. The Bertz CT molecular complexity index is 1010. The summed E-state index contributed by atoms with van der Waals surface area (Å²) >= 11 is 0. The minimum absolute atomic E-state index is 0.0179. The molecule has 6 rings (SSSR count). The number of amides is 2. The molecule has 3 aliphatic carbocycles. The zero-order valence-corrected chi connectivity index (χ0v) is 18.7. The maximum Gasteiger partial charge on any atom is 0.257 e. The minimum atomic E-state index is -0.263. The van der Waals surface area contributed by atoms with E-state index in [0.29, 0.717) is 18.7 Å². The normalized spacial score (nSPS) is 31.2. The fourth-order valence-corrected chi connectivity index (χ4v) is 6.30. The lowest BCUT2D eigenvalue weighted by atomic mass is 9.31. The maximum absolute atomic E-state index is 13.4. The zero-order valence-electron chi connectivity index (χ0n) is 18.7. The van der Waals surface area contributed by atoms with Gasteiger partial charge in [-0.25, -0.2) is 9.37 Å². The lowest BCUT2D eigenvalue weighted by Crippen LogP contribution is -2.73. The first-order valence-electron chi connectivity index (χ1n) is 11.7. The summed E-state index contributed by atoms with van der Waals surface area (Å²) in [4.78, 5) is 31.0. The third kappa shape index (κ3) is 4.02. The van der Waals surface area contributed by atoms with Crippen LogP contribution in [0.15, 0.2) is 48.8 Å². The van der Waals surface area contributed by atoms with E-state index in [4.69, 9.17) is 5.73 Å². The number of carbonyl (C=O) groups excluding carboxylic acids is 2. The number of piperidine rings is 1. The second kappa shape index (κ2) is 8.18. The SMILES string of the molecule is NC1CC([NH3+])CN(C(=O)CC(NC(=O)c2ccc[nH+]c2)C23CC(c4ccc(F)cc4)(C2)C3)C1. The number of halogens is 1. The van der Waals surface area contributed by atoms with E-state index >= 15 is 0 Å². The monoisotopic (exact) mass is 453 g/mol. The Morgan fingerprint density at radius 2 is 1.94 bits per heavy atom. The van der Waals surface area contributed by atoms with Gasteiger partial charge >= 0.3 is 0 Å². The van der Waals surface area contributed by atoms with E-state index in [0.717, 1.165) is 31.2 Å². The number of H-pyrrole nitrogens is 1. The van der Waals surface area contributed by atoms with Gasteiger partial charge in [-0.1, -0.05) is 12.1 Å². The van der Waals surface area contributed by atoms with Gasteiger partial charge in [0.2, 0.25) is 5.91 Å². The van der Waals surface area contributed by atoms with Gasteiger partial charge < -0.3 is 21.7 Å². The molecule has 1 aromatic heterocycles. The smallest absolute Gasteiger partial charge is 0.257 e. The minimum Gasteiger partial charge on any atom is -0.354 e. The van der Waals surface area contributed by atoms with Crippen LogP contribution in [0.3, 0.4) is 0 Å². The van der Waals surface area contributed by atoms with Gasteiger partial charge in [-0.15, -0.1) is 0 Å². The molecule has 3 unspecified atom stereocenters. The van der Waals surface area contributed by atoms with Gasteiger partial charge in [0, 0.05) is 37.5 Å². The van der Waals surface area contributed by atoms with E-state index in [-0.39, 0.29) is 53.0 Å². The topological polar surface area (TPSA) is 117 Å². The van der Waals surface area contributed by atoms with Crippen molar-refractivity contribution < 1.29 is 24.7 Å². The number of likely N-dealkylation sites (tertiary alicyclic amines) is 1. The van der Waals surface area contributed by atoms with Crippen LogP contribution in [0, 0.1) is 11.2 Å². The zero-order chi connectivity index (χ0) is 23.2. The molecule has 7 N–H and O–H groups in total. The summed E-state index contributed by atoms with van der Waals surface area (Å²) in [6, 6.07) is 10.1.